The van der Waals surface area contributed by atoms with Crippen molar-refractivity contribution in [3.8, 4) is 28.5 Å². The summed E-state index contributed by atoms with van der Waals surface area (Å²) in [5.41, 5.74) is 8.53. The van der Waals surface area contributed by atoms with E-state index in [-0.39, 0.29) is 36.2 Å². The highest BCUT2D eigenvalue weighted by Gasteiger charge is 2.28. The van der Waals surface area contributed by atoms with Crippen molar-refractivity contribution >= 4 is 11.3 Å². The molecule has 1 saturated carbocycles. The molecule has 3 heterocycles. The number of rotatable bonds is 7. The second-order valence-electron chi connectivity index (χ2n) is 9.27. The zero-order valence-electron chi connectivity index (χ0n) is 19.6. The highest BCUT2D eigenvalue weighted by Crippen LogP contribution is 2.37. The first-order valence-corrected chi connectivity index (χ1v) is 12.2. The topological polar surface area (TPSA) is 104 Å². The molecule has 0 amide bonds. The Morgan fingerprint density at radius 2 is 1.89 bits per heavy atom. The van der Waals surface area contributed by atoms with Crippen LogP contribution in [0.3, 0.4) is 0 Å². The molecule has 2 fully saturated rings. The van der Waals surface area contributed by atoms with Crippen LogP contribution in [0, 0.1) is 5.82 Å². The quantitative estimate of drug-likeness (QED) is 0.387. The van der Waals surface area contributed by atoms with Crippen LogP contribution in [0.1, 0.15) is 37.4 Å². The smallest absolute Gasteiger partial charge is 0.207 e. The van der Waals surface area contributed by atoms with Crippen LogP contribution in [0.25, 0.3) is 16.8 Å². The summed E-state index contributed by atoms with van der Waals surface area (Å²) in [5, 5.41) is 9.38. The van der Waals surface area contributed by atoms with Crippen molar-refractivity contribution in [2.24, 2.45) is 0 Å². The summed E-state index contributed by atoms with van der Waals surface area (Å²) >= 11 is 0. The average molecular weight is 491 g/mol. The number of aliphatic hydroxyl groups excluding tert-OH is 1. The summed E-state index contributed by atoms with van der Waals surface area (Å²) in [5.74, 6) is 1.62. The van der Waals surface area contributed by atoms with Gasteiger partial charge in [-0.15, -0.1) is 0 Å². The van der Waals surface area contributed by atoms with Gasteiger partial charge in [-0.05, 0) is 62.1 Å². The van der Waals surface area contributed by atoms with E-state index in [1.54, 1.807) is 36.5 Å². The van der Waals surface area contributed by atoms with Crippen LogP contribution in [0.5, 0.6) is 17.2 Å². The standard InChI is InChI=1S/C27H27FN4O4/c28-23-21(2-1-3-22(23)36-19-10-11-19)35-18-7-4-16(5-8-18)24-25-26(29)30-12-13-32(25)27(31-24)17-6-9-20(14-33)34-15-17/h1-5,7-8,12-13,17,19-20,33H,6,9-11,14-15H2,(H2,29,30). The van der Waals surface area contributed by atoms with E-state index in [9.17, 15) is 9.50 Å². The van der Waals surface area contributed by atoms with Crippen molar-refractivity contribution in [2.75, 3.05) is 18.9 Å². The van der Waals surface area contributed by atoms with Crippen LogP contribution in [-0.4, -0.2) is 44.9 Å². The van der Waals surface area contributed by atoms with Crippen LogP contribution >= 0.6 is 0 Å². The summed E-state index contributed by atoms with van der Waals surface area (Å²) < 4.78 is 34.0. The van der Waals surface area contributed by atoms with Gasteiger partial charge in [-0.2, -0.15) is 4.39 Å². The number of halogens is 1. The zero-order chi connectivity index (χ0) is 24.6. The number of anilines is 1. The first-order chi connectivity index (χ1) is 17.6. The second kappa shape index (κ2) is 9.40. The summed E-state index contributed by atoms with van der Waals surface area (Å²) in [6, 6.07) is 12.2. The van der Waals surface area contributed by atoms with Gasteiger partial charge in [0, 0.05) is 23.9 Å². The van der Waals surface area contributed by atoms with Crippen LogP contribution in [0.15, 0.2) is 54.9 Å². The van der Waals surface area contributed by atoms with Gasteiger partial charge in [-0.3, -0.25) is 4.40 Å². The number of nitrogens with zero attached hydrogens (tertiary/aromatic N) is 3. The van der Waals surface area contributed by atoms with Gasteiger partial charge in [0.05, 0.1) is 25.4 Å². The number of nitrogens with two attached hydrogens (primary N) is 1. The fourth-order valence-corrected chi connectivity index (χ4v) is 4.56. The number of hydrogen-bond acceptors (Lipinski definition) is 7. The lowest BCUT2D eigenvalue weighted by Gasteiger charge is -2.27. The number of nitrogen functional groups attached to an aromatic ring is 1. The molecule has 1 aliphatic heterocycles. The highest BCUT2D eigenvalue weighted by molar-refractivity contribution is 5.85. The van der Waals surface area contributed by atoms with Gasteiger partial charge in [0.2, 0.25) is 5.82 Å². The number of aromatic nitrogens is 3. The van der Waals surface area contributed by atoms with E-state index in [0.717, 1.165) is 42.6 Å². The third kappa shape index (κ3) is 4.36. The average Bonchev–Trinajstić information content (AvgIpc) is 3.64. The Morgan fingerprint density at radius 3 is 2.61 bits per heavy atom. The fraction of sp³-hybridized carbons (Fsp3) is 0.333. The Kier molecular flexibility index (Phi) is 5.94. The molecule has 4 aromatic rings. The third-order valence-electron chi connectivity index (χ3n) is 6.65. The van der Waals surface area contributed by atoms with Gasteiger partial charge in [0.15, 0.2) is 11.5 Å². The maximum atomic E-state index is 14.8. The summed E-state index contributed by atoms with van der Waals surface area (Å²) in [7, 11) is 0. The highest BCUT2D eigenvalue weighted by atomic mass is 19.1. The normalized spacial score (nSPS) is 19.9. The molecule has 2 aliphatic rings. The van der Waals surface area contributed by atoms with E-state index < -0.39 is 5.82 Å². The lowest BCUT2D eigenvalue weighted by molar-refractivity contribution is -0.0282. The van der Waals surface area contributed by atoms with Crippen LogP contribution in [0.4, 0.5) is 10.2 Å². The molecule has 2 aromatic carbocycles. The molecule has 2 atom stereocenters. The lowest BCUT2D eigenvalue weighted by Crippen LogP contribution is -2.28. The SMILES string of the molecule is Nc1nccn2c(C3CCC(CO)OC3)nc(-c3ccc(Oc4cccc(OC5CC5)c4F)cc3)c12. The zero-order valence-corrected chi connectivity index (χ0v) is 19.6. The number of aliphatic hydroxyl groups is 1. The second-order valence-corrected chi connectivity index (χ2v) is 9.27. The van der Waals surface area contributed by atoms with Gasteiger partial charge >= 0.3 is 0 Å². The van der Waals surface area contributed by atoms with Crippen molar-refractivity contribution < 1.29 is 23.7 Å². The number of imidazole rings is 1. The van der Waals surface area contributed by atoms with Crippen molar-refractivity contribution in [3.05, 3.63) is 66.5 Å². The van der Waals surface area contributed by atoms with Crippen molar-refractivity contribution in [3.63, 3.8) is 0 Å². The minimum absolute atomic E-state index is 0.0212. The van der Waals surface area contributed by atoms with Gasteiger partial charge in [0.1, 0.15) is 28.6 Å². The fourth-order valence-electron chi connectivity index (χ4n) is 4.56. The predicted octanol–water partition coefficient (Wildman–Crippen LogP) is 4.71. The van der Waals surface area contributed by atoms with Crippen molar-refractivity contribution in [2.45, 2.75) is 43.8 Å². The molecule has 0 radical (unpaired) electrons. The maximum absolute atomic E-state index is 14.8. The lowest BCUT2D eigenvalue weighted by atomic mass is 9.98. The molecule has 9 heteroatoms. The third-order valence-corrected chi connectivity index (χ3v) is 6.65. The van der Waals surface area contributed by atoms with Crippen molar-refractivity contribution in [1.82, 2.24) is 14.4 Å². The molecule has 36 heavy (non-hydrogen) atoms. The molecular formula is C27H27FN4O4. The first-order valence-electron chi connectivity index (χ1n) is 12.2. The molecular weight excluding hydrogens is 463 g/mol. The van der Waals surface area contributed by atoms with Gasteiger partial charge in [-0.1, -0.05) is 6.07 Å². The Bertz CT molecular complexity index is 1380. The van der Waals surface area contributed by atoms with Gasteiger partial charge < -0.3 is 25.1 Å². The van der Waals surface area contributed by atoms with E-state index in [2.05, 4.69) is 4.98 Å². The maximum Gasteiger partial charge on any atom is 0.207 e. The van der Waals surface area contributed by atoms with Crippen LogP contribution in [-0.2, 0) is 4.74 Å². The van der Waals surface area contributed by atoms with Gasteiger partial charge in [-0.25, -0.2) is 9.97 Å². The largest absolute Gasteiger partial charge is 0.487 e. The molecule has 8 nitrogen and oxygen atoms in total. The van der Waals surface area contributed by atoms with E-state index >= 15 is 0 Å². The molecule has 1 saturated heterocycles. The van der Waals surface area contributed by atoms with E-state index in [1.165, 1.54) is 0 Å². The monoisotopic (exact) mass is 490 g/mol. The molecule has 3 N–H and O–H groups in total. The predicted molar refractivity (Wildman–Crippen MR) is 132 cm³/mol. The Hall–Kier alpha value is -3.69. The minimum Gasteiger partial charge on any atom is -0.487 e. The van der Waals surface area contributed by atoms with Crippen LogP contribution < -0.4 is 15.2 Å². The summed E-state index contributed by atoms with van der Waals surface area (Å²) in [6.45, 7) is 0.501. The number of ether oxygens (including phenoxy) is 3. The molecule has 2 aromatic heterocycles. The Labute approximate surface area is 207 Å². The number of benzene rings is 2. The number of fused-ring (bicyclic) bond motifs is 1. The first kappa shape index (κ1) is 22.8. The number of hydrogen-bond donors (Lipinski definition) is 2. The van der Waals surface area contributed by atoms with Gasteiger partial charge in [0.25, 0.3) is 0 Å². The van der Waals surface area contributed by atoms with E-state index in [0.29, 0.717) is 23.9 Å². The molecule has 6 rings (SSSR count). The van der Waals surface area contributed by atoms with Crippen molar-refractivity contribution in [1.29, 1.82) is 0 Å². The molecule has 1 aliphatic carbocycles. The van der Waals surface area contributed by atoms with Crippen LogP contribution in [0.2, 0.25) is 0 Å². The van der Waals surface area contributed by atoms with E-state index in [4.69, 9.17) is 24.9 Å². The molecule has 186 valence electrons. The summed E-state index contributed by atoms with van der Waals surface area (Å²) in [4.78, 5) is 9.22. The molecule has 0 spiro atoms. The van der Waals surface area contributed by atoms with E-state index in [1.807, 2.05) is 22.7 Å². The Morgan fingerprint density at radius 1 is 1.08 bits per heavy atom. The minimum atomic E-state index is -0.504. The summed E-state index contributed by atoms with van der Waals surface area (Å²) in [6.07, 6.45) is 7.01. The molecule has 2 unspecified atom stereocenters. The Balaban J connectivity index is 1.28. The molecule has 0 bridgehead atoms.